The third-order valence-corrected chi connectivity index (χ3v) is 3.93. The van der Waals surface area contributed by atoms with Gasteiger partial charge in [-0.2, -0.15) is 0 Å². The van der Waals surface area contributed by atoms with Gasteiger partial charge < -0.3 is 20.1 Å². The molecule has 0 saturated heterocycles. The van der Waals surface area contributed by atoms with Crippen LogP contribution in [0.25, 0.3) is 0 Å². The highest BCUT2D eigenvalue weighted by Crippen LogP contribution is 2.30. The van der Waals surface area contributed by atoms with Crippen LogP contribution >= 0.6 is 24.0 Å². The molecule has 0 aliphatic heterocycles. The Labute approximate surface area is 153 Å². The molecule has 1 atom stereocenters. The number of aliphatic imine (C=N–C) groups is 1. The van der Waals surface area contributed by atoms with E-state index in [4.69, 9.17) is 9.47 Å². The van der Waals surface area contributed by atoms with Crippen LogP contribution in [0, 0.1) is 5.92 Å². The second-order valence-electron chi connectivity index (χ2n) is 5.51. The van der Waals surface area contributed by atoms with Crippen LogP contribution in [-0.4, -0.2) is 52.0 Å². The second-order valence-corrected chi connectivity index (χ2v) is 5.51. The van der Waals surface area contributed by atoms with Crippen molar-refractivity contribution in [1.82, 2.24) is 10.6 Å². The fraction of sp³-hybridized carbons (Fsp3) is 0.938. The monoisotopic (exact) mass is 427 g/mol. The Morgan fingerprint density at radius 2 is 1.95 bits per heavy atom. The van der Waals surface area contributed by atoms with Gasteiger partial charge in [-0.25, -0.2) is 0 Å². The Bertz CT molecular complexity index is 285. The van der Waals surface area contributed by atoms with Gasteiger partial charge in [-0.3, -0.25) is 4.99 Å². The summed E-state index contributed by atoms with van der Waals surface area (Å²) in [5.41, 5.74) is 0. The average molecular weight is 427 g/mol. The highest BCUT2D eigenvalue weighted by molar-refractivity contribution is 14.0. The van der Waals surface area contributed by atoms with Gasteiger partial charge in [0.1, 0.15) is 0 Å². The SMILES string of the molecule is CCNC(=NCCC(OCC)C1CCCC1)NCCOC.I. The van der Waals surface area contributed by atoms with E-state index in [0.717, 1.165) is 44.5 Å². The zero-order valence-corrected chi connectivity index (χ0v) is 16.7. The normalized spacial score (nSPS) is 17.1. The second kappa shape index (κ2) is 14.5. The number of guanidine groups is 1. The summed E-state index contributed by atoms with van der Waals surface area (Å²) in [4.78, 5) is 4.64. The van der Waals surface area contributed by atoms with Crippen LogP contribution in [0.3, 0.4) is 0 Å². The van der Waals surface area contributed by atoms with Crippen molar-refractivity contribution in [2.24, 2.45) is 10.9 Å². The van der Waals surface area contributed by atoms with Gasteiger partial charge in [-0.1, -0.05) is 12.8 Å². The van der Waals surface area contributed by atoms with Gasteiger partial charge in [-0.15, -0.1) is 24.0 Å². The largest absolute Gasteiger partial charge is 0.383 e. The van der Waals surface area contributed by atoms with Crippen LogP contribution in [0.15, 0.2) is 4.99 Å². The van der Waals surface area contributed by atoms with Gasteiger partial charge in [0, 0.05) is 33.4 Å². The van der Waals surface area contributed by atoms with Crippen molar-refractivity contribution >= 4 is 29.9 Å². The van der Waals surface area contributed by atoms with Gasteiger partial charge in [0.2, 0.25) is 0 Å². The Morgan fingerprint density at radius 3 is 2.55 bits per heavy atom. The van der Waals surface area contributed by atoms with E-state index in [-0.39, 0.29) is 24.0 Å². The maximum absolute atomic E-state index is 5.94. The minimum Gasteiger partial charge on any atom is -0.383 e. The molecule has 1 aliphatic rings. The lowest BCUT2D eigenvalue weighted by Gasteiger charge is -2.22. The Kier molecular flexibility index (Phi) is 14.5. The van der Waals surface area contributed by atoms with Crippen molar-refractivity contribution in [3.63, 3.8) is 0 Å². The van der Waals surface area contributed by atoms with Gasteiger partial charge >= 0.3 is 0 Å². The van der Waals surface area contributed by atoms with Crippen LogP contribution in [0.4, 0.5) is 0 Å². The molecule has 2 N–H and O–H groups in total. The molecule has 0 bridgehead atoms. The highest BCUT2D eigenvalue weighted by atomic mass is 127. The molecule has 1 saturated carbocycles. The van der Waals surface area contributed by atoms with Gasteiger partial charge in [0.05, 0.1) is 12.7 Å². The number of halogens is 1. The number of hydrogen-bond donors (Lipinski definition) is 2. The van der Waals surface area contributed by atoms with Crippen LogP contribution in [0.2, 0.25) is 0 Å². The minimum absolute atomic E-state index is 0. The van der Waals surface area contributed by atoms with Crippen molar-refractivity contribution in [2.45, 2.75) is 52.1 Å². The maximum atomic E-state index is 5.94. The van der Waals surface area contributed by atoms with Crippen molar-refractivity contribution in [2.75, 3.05) is 40.0 Å². The molecule has 6 heteroatoms. The van der Waals surface area contributed by atoms with E-state index in [0.29, 0.717) is 12.7 Å². The molecule has 1 rings (SSSR count). The Morgan fingerprint density at radius 1 is 1.23 bits per heavy atom. The lowest BCUT2D eigenvalue weighted by atomic mass is 9.98. The van der Waals surface area contributed by atoms with E-state index in [1.807, 2.05) is 0 Å². The molecular weight excluding hydrogens is 393 g/mol. The fourth-order valence-electron chi connectivity index (χ4n) is 2.92. The predicted molar refractivity (Wildman–Crippen MR) is 103 cm³/mol. The molecule has 0 aromatic rings. The summed E-state index contributed by atoms with van der Waals surface area (Å²) in [6, 6.07) is 0. The first-order chi connectivity index (χ1) is 10.3. The maximum Gasteiger partial charge on any atom is 0.191 e. The summed E-state index contributed by atoms with van der Waals surface area (Å²) in [6.07, 6.45) is 6.75. The van der Waals surface area contributed by atoms with Crippen molar-refractivity contribution in [1.29, 1.82) is 0 Å². The van der Waals surface area contributed by atoms with Crippen LogP contribution in [0.1, 0.15) is 46.0 Å². The molecule has 0 radical (unpaired) electrons. The molecule has 1 aliphatic carbocycles. The summed E-state index contributed by atoms with van der Waals surface area (Å²) in [6.45, 7) is 8.11. The Balaban J connectivity index is 0.00000441. The lowest BCUT2D eigenvalue weighted by molar-refractivity contribution is 0.0177. The van der Waals surface area contributed by atoms with E-state index in [9.17, 15) is 0 Å². The molecule has 1 unspecified atom stereocenters. The molecule has 5 nitrogen and oxygen atoms in total. The van der Waals surface area contributed by atoms with Crippen LogP contribution in [0.5, 0.6) is 0 Å². The zero-order chi connectivity index (χ0) is 15.3. The quantitative estimate of drug-likeness (QED) is 0.244. The average Bonchev–Trinajstić information content (AvgIpc) is 3.00. The molecule has 0 aromatic heterocycles. The fourth-order valence-corrected chi connectivity index (χ4v) is 2.92. The highest BCUT2D eigenvalue weighted by Gasteiger charge is 2.24. The minimum atomic E-state index is 0. The van der Waals surface area contributed by atoms with E-state index < -0.39 is 0 Å². The first-order valence-corrected chi connectivity index (χ1v) is 8.44. The standard InChI is InChI=1S/C16H33N3O2.HI/c1-4-17-16(19-12-13-20-3)18-11-10-15(21-5-2)14-8-6-7-9-14;/h14-15H,4-13H2,1-3H3,(H2,17,18,19);1H. The van der Waals surface area contributed by atoms with Crippen LogP contribution in [-0.2, 0) is 9.47 Å². The molecule has 0 heterocycles. The van der Waals surface area contributed by atoms with Crippen molar-refractivity contribution < 1.29 is 9.47 Å². The summed E-state index contributed by atoms with van der Waals surface area (Å²) >= 11 is 0. The van der Waals surface area contributed by atoms with E-state index in [2.05, 4.69) is 29.5 Å². The summed E-state index contributed by atoms with van der Waals surface area (Å²) in [7, 11) is 1.71. The van der Waals surface area contributed by atoms with E-state index in [1.165, 1.54) is 25.7 Å². The topological polar surface area (TPSA) is 54.9 Å². The summed E-state index contributed by atoms with van der Waals surface area (Å²) in [5, 5.41) is 6.53. The summed E-state index contributed by atoms with van der Waals surface area (Å²) in [5.74, 6) is 1.61. The summed E-state index contributed by atoms with van der Waals surface area (Å²) < 4.78 is 11.0. The third-order valence-electron chi connectivity index (χ3n) is 3.93. The van der Waals surface area contributed by atoms with Crippen LogP contribution < -0.4 is 10.6 Å². The molecule has 22 heavy (non-hydrogen) atoms. The predicted octanol–water partition coefficient (Wildman–Crippen LogP) is 2.79. The third kappa shape index (κ3) is 9.15. The first kappa shape index (κ1) is 21.9. The number of rotatable bonds is 10. The molecule has 0 spiro atoms. The number of methoxy groups -OCH3 is 1. The molecule has 0 amide bonds. The molecule has 1 fully saturated rings. The van der Waals surface area contributed by atoms with E-state index in [1.54, 1.807) is 7.11 Å². The number of nitrogens with one attached hydrogen (secondary N) is 2. The zero-order valence-electron chi connectivity index (χ0n) is 14.4. The van der Waals surface area contributed by atoms with E-state index >= 15 is 0 Å². The van der Waals surface area contributed by atoms with Gasteiger partial charge in [-0.05, 0) is 39.0 Å². The molecule has 0 aromatic carbocycles. The van der Waals surface area contributed by atoms with Crippen molar-refractivity contribution in [3.05, 3.63) is 0 Å². The lowest BCUT2D eigenvalue weighted by Crippen LogP contribution is -2.39. The number of ether oxygens (including phenoxy) is 2. The smallest absolute Gasteiger partial charge is 0.191 e. The first-order valence-electron chi connectivity index (χ1n) is 8.44. The van der Waals surface area contributed by atoms with Gasteiger partial charge in [0.25, 0.3) is 0 Å². The number of nitrogens with zero attached hydrogens (tertiary/aromatic N) is 1. The Hall–Kier alpha value is -0.0800. The number of hydrogen-bond acceptors (Lipinski definition) is 3. The molecular formula is C16H34IN3O2. The van der Waals surface area contributed by atoms with Gasteiger partial charge in [0.15, 0.2) is 5.96 Å². The van der Waals surface area contributed by atoms with Crippen molar-refractivity contribution in [3.8, 4) is 0 Å². The molecule has 132 valence electrons.